The molecule has 32 heavy (non-hydrogen) atoms. The Bertz CT molecular complexity index is 1120. The Morgan fingerprint density at radius 1 is 1.06 bits per heavy atom. The van der Waals surface area contributed by atoms with E-state index in [-0.39, 0.29) is 5.91 Å². The highest BCUT2D eigenvalue weighted by molar-refractivity contribution is 5.93. The molecule has 2 N–H and O–H groups in total. The molecule has 4 saturated carbocycles. The van der Waals surface area contributed by atoms with Crippen molar-refractivity contribution in [1.29, 1.82) is 0 Å². The van der Waals surface area contributed by atoms with Gasteiger partial charge in [-0.3, -0.25) is 4.79 Å². The SMILES string of the molecule is COc1ccccc1Cc1nc2cc(NC(=O)CC3C4CC5CC(C4)CC3C5)ccc2[nH]1. The van der Waals surface area contributed by atoms with E-state index in [9.17, 15) is 4.79 Å². The molecule has 0 saturated heterocycles. The first-order valence-electron chi connectivity index (χ1n) is 12.0. The summed E-state index contributed by atoms with van der Waals surface area (Å²) in [5, 5.41) is 3.16. The van der Waals surface area contributed by atoms with Gasteiger partial charge in [0.05, 0.1) is 18.1 Å². The van der Waals surface area contributed by atoms with Crippen LogP contribution in [-0.4, -0.2) is 23.0 Å². The topological polar surface area (TPSA) is 67.0 Å². The molecule has 0 unspecified atom stereocenters. The van der Waals surface area contributed by atoms with Crippen molar-refractivity contribution in [2.75, 3.05) is 12.4 Å². The van der Waals surface area contributed by atoms with Crippen LogP contribution in [0.25, 0.3) is 11.0 Å². The smallest absolute Gasteiger partial charge is 0.224 e. The molecule has 4 aliphatic rings. The standard InChI is InChI=1S/C27H31N3O2/c1-32-25-5-3-2-4-18(25)13-26-29-23-7-6-21(14-24(23)30-26)28-27(31)15-22-19-9-16-8-17(11-19)12-20(22)10-16/h2-7,14,16-17,19-20,22H,8-13,15H2,1H3,(H,28,31)(H,29,30). The number of aromatic nitrogens is 2. The number of carbonyl (C=O) groups excluding carboxylic acids is 1. The van der Waals surface area contributed by atoms with Gasteiger partial charge in [0.25, 0.3) is 0 Å². The molecule has 0 aliphatic heterocycles. The quantitative estimate of drug-likeness (QED) is 0.539. The largest absolute Gasteiger partial charge is 0.496 e. The summed E-state index contributed by atoms with van der Waals surface area (Å²) in [5.74, 6) is 5.96. The fourth-order valence-electron chi connectivity index (χ4n) is 7.05. The van der Waals surface area contributed by atoms with Crippen LogP contribution in [-0.2, 0) is 11.2 Å². The number of anilines is 1. The lowest BCUT2D eigenvalue weighted by molar-refractivity contribution is -0.121. The summed E-state index contributed by atoms with van der Waals surface area (Å²) in [6, 6.07) is 14.0. The van der Waals surface area contributed by atoms with Gasteiger partial charge in [-0.05, 0) is 86.0 Å². The molecule has 1 heterocycles. The van der Waals surface area contributed by atoms with Crippen molar-refractivity contribution in [3.63, 3.8) is 0 Å². The molecule has 5 nitrogen and oxygen atoms in total. The Morgan fingerprint density at radius 2 is 1.81 bits per heavy atom. The number of para-hydroxylation sites is 1. The van der Waals surface area contributed by atoms with Crippen molar-refractivity contribution in [2.45, 2.75) is 44.9 Å². The first-order valence-corrected chi connectivity index (χ1v) is 12.0. The van der Waals surface area contributed by atoms with Gasteiger partial charge in [-0.25, -0.2) is 4.98 Å². The molecule has 4 fully saturated rings. The lowest BCUT2D eigenvalue weighted by Gasteiger charge is -2.54. The van der Waals surface area contributed by atoms with E-state index >= 15 is 0 Å². The van der Waals surface area contributed by atoms with E-state index in [1.165, 1.54) is 32.1 Å². The highest BCUT2D eigenvalue weighted by Crippen LogP contribution is 2.57. The number of nitrogens with one attached hydrogen (secondary N) is 2. The summed E-state index contributed by atoms with van der Waals surface area (Å²) in [6.45, 7) is 0. The average molecular weight is 430 g/mol. The number of fused-ring (bicyclic) bond motifs is 1. The number of hydrogen-bond acceptors (Lipinski definition) is 3. The lowest BCUT2D eigenvalue weighted by atomic mass is 9.51. The Labute approximate surface area is 189 Å². The summed E-state index contributed by atoms with van der Waals surface area (Å²) < 4.78 is 5.46. The van der Waals surface area contributed by atoms with Crippen molar-refractivity contribution in [3.8, 4) is 5.75 Å². The van der Waals surface area contributed by atoms with Crippen molar-refractivity contribution >= 4 is 22.6 Å². The maximum absolute atomic E-state index is 12.9. The number of rotatable bonds is 6. The number of amides is 1. The lowest BCUT2D eigenvalue weighted by Crippen LogP contribution is -2.46. The molecule has 2 aromatic carbocycles. The van der Waals surface area contributed by atoms with Crippen LogP contribution in [0.15, 0.2) is 42.5 Å². The van der Waals surface area contributed by atoms with Crippen LogP contribution in [0.2, 0.25) is 0 Å². The number of aromatic amines is 1. The number of nitrogens with zero attached hydrogens (tertiary/aromatic N) is 1. The normalized spacial score (nSPS) is 28.2. The molecule has 0 atom stereocenters. The first kappa shape index (κ1) is 19.8. The van der Waals surface area contributed by atoms with Crippen LogP contribution >= 0.6 is 0 Å². The van der Waals surface area contributed by atoms with Crippen LogP contribution in [0.4, 0.5) is 5.69 Å². The van der Waals surface area contributed by atoms with Crippen LogP contribution in [0.3, 0.4) is 0 Å². The van der Waals surface area contributed by atoms with Crippen molar-refractivity contribution in [3.05, 3.63) is 53.9 Å². The van der Waals surface area contributed by atoms with Crippen LogP contribution in [0.5, 0.6) is 5.75 Å². The molecule has 0 radical (unpaired) electrons. The second-order valence-corrected chi connectivity index (χ2v) is 10.3. The summed E-state index contributed by atoms with van der Waals surface area (Å²) in [5.41, 5.74) is 3.79. The van der Waals surface area contributed by atoms with Gasteiger partial charge >= 0.3 is 0 Å². The summed E-state index contributed by atoms with van der Waals surface area (Å²) in [4.78, 5) is 21.1. The van der Waals surface area contributed by atoms with E-state index in [1.807, 2.05) is 36.4 Å². The zero-order valence-electron chi connectivity index (χ0n) is 18.6. The van der Waals surface area contributed by atoms with Gasteiger partial charge in [-0.1, -0.05) is 18.2 Å². The van der Waals surface area contributed by atoms with Crippen LogP contribution in [0, 0.1) is 29.6 Å². The molecule has 0 spiro atoms. The molecule has 166 valence electrons. The van der Waals surface area contributed by atoms with Gasteiger partial charge in [-0.2, -0.15) is 0 Å². The second kappa shape index (κ2) is 7.95. The third-order valence-electron chi connectivity index (χ3n) is 8.21. The highest BCUT2D eigenvalue weighted by atomic mass is 16.5. The maximum atomic E-state index is 12.9. The zero-order valence-corrected chi connectivity index (χ0v) is 18.6. The zero-order chi connectivity index (χ0) is 21.7. The summed E-state index contributed by atoms with van der Waals surface area (Å²) in [7, 11) is 1.69. The minimum atomic E-state index is 0.159. The fourth-order valence-corrected chi connectivity index (χ4v) is 7.05. The van der Waals surface area contributed by atoms with Crippen molar-refractivity contribution in [2.24, 2.45) is 29.6 Å². The second-order valence-electron chi connectivity index (χ2n) is 10.3. The Balaban J connectivity index is 1.14. The highest BCUT2D eigenvalue weighted by Gasteiger charge is 2.48. The number of carbonyl (C=O) groups is 1. The minimum absolute atomic E-state index is 0.159. The van der Waals surface area contributed by atoms with Gasteiger partial charge in [-0.15, -0.1) is 0 Å². The average Bonchev–Trinajstić information content (AvgIpc) is 3.17. The summed E-state index contributed by atoms with van der Waals surface area (Å²) in [6.07, 6.45) is 8.24. The van der Waals surface area contributed by atoms with Gasteiger partial charge in [0.2, 0.25) is 5.91 Å². The molecule has 5 heteroatoms. The summed E-state index contributed by atoms with van der Waals surface area (Å²) >= 11 is 0. The van der Waals surface area contributed by atoms with E-state index in [1.54, 1.807) is 7.11 Å². The maximum Gasteiger partial charge on any atom is 0.224 e. The number of methoxy groups -OCH3 is 1. The third kappa shape index (κ3) is 3.68. The van der Waals surface area contributed by atoms with Gasteiger partial charge in [0, 0.05) is 24.1 Å². The van der Waals surface area contributed by atoms with E-state index in [4.69, 9.17) is 9.72 Å². The molecule has 4 aliphatic carbocycles. The number of imidazole rings is 1. The van der Waals surface area contributed by atoms with E-state index in [0.29, 0.717) is 18.8 Å². The van der Waals surface area contributed by atoms with Crippen LogP contribution < -0.4 is 10.1 Å². The Kier molecular flexibility index (Phi) is 4.93. The number of ether oxygens (including phenoxy) is 1. The van der Waals surface area contributed by atoms with Gasteiger partial charge < -0.3 is 15.0 Å². The molecule has 3 aromatic rings. The predicted octanol–water partition coefficient (Wildman–Crippen LogP) is 5.56. The number of hydrogen-bond donors (Lipinski definition) is 2. The fraction of sp³-hybridized carbons (Fsp3) is 0.481. The molecule has 7 rings (SSSR count). The van der Waals surface area contributed by atoms with Crippen molar-refractivity contribution in [1.82, 2.24) is 9.97 Å². The molecular weight excluding hydrogens is 398 g/mol. The van der Waals surface area contributed by atoms with Gasteiger partial charge in [0.15, 0.2) is 0 Å². The minimum Gasteiger partial charge on any atom is -0.496 e. The first-order chi connectivity index (χ1) is 15.6. The van der Waals surface area contributed by atoms with Gasteiger partial charge in [0.1, 0.15) is 11.6 Å². The van der Waals surface area contributed by atoms with E-state index in [2.05, 4.69) is 16.4 Å². The molecule has 1 amide bonds. The Morgan fingerprint density at radius 3 is 2.56 bits per heavy atom. The van der Waals surface area contributed by atoms with E-state index < -0.39 is 0 Å². The van der Waals surface area contributed by atoms with Crippen LogP contribution in [0.1, 0.15) is 49.9 Å². The monoisotopic (exact) mass is 429 g/mol. The molecule has 4 bridgehead atoms. The van der Waals surface area contributed by atoms with E-state index in [0.717, 1.165) is 57.5 Å². The predicted molar refractivity (Wildman–Crippen MR) is 126 cm³/mol. The number of benzene rings is 2. The molecule has 1 aromatic heterocycles. The third-order valence-corrected chi connectivity index (χ3v) is 8.21. The number of H-pyrrole nitrogens is 1. The van der Waals surface area contributed by atoms with Crippen molar-refractivity contribution < 1.29 is 9.53 Å². The molecular formula is C27H31N3O2. The Hall–Kier alpha value is -2.82.